The lowest BCUT2D eigenvalue weighted by Gasteiger charge is -2.16. The number of carbonyl (C=O) groups is 1. The van der Waals surface area contributed by atoms with Gasteiger partial charge in [-0.3, -0.25) is 4.79 Å². The monoisotopic (exact) mass is 340 g/mol. The van der Waals surface area contributed by atoms with E-state index in [1.807, 2.05) is 30.7 Å². The number of aliphatic hydroxyl groups is 1. The van der Waals surface area contributed by atoms with Crippen molar-refractivity contribution in [2.45, 2.75) is 25.8 Å². The molecule has 120 valence electrons. The van der Waals surface area contributed by atoms with Crippen molar-refractivity contribution in [2.24, 2.45) is 0 Å². The molecular formula is C15H20N2O3S2. The van der Waals surface area contributed by atoms with Crippen molar-refractivity contribution in [3.8, 4) is 10.8 Å². The van der Waals surface area contributed by atoms with E-state index in [4.69, 9.17) is 9.52 Å². The third-order valence-corrected chi connectivity index (χ3v) is 4.76. The van der Waals surface area contributed by atoms with Gasteiger partial charge in [0, 0.05) is 18.4 Å². The van der Waals surface area contributed by atoms with Crippen LogP contribution in [-0.4, -0.2) is 40.7 Å². The maximum absolute atomic E-state index is 12.1. The zero-order chi connectivity index (χ0) is 15.9. The lowest BCUT2D eigenvalue weighted by atomic mass is 10.2. The SMILES string of the molecule is CSCC(CCO)NC(=O)Cc1nc(-c2cccs2)oc1C. The summed E-state index contributed by atoms with van der Waals surface area (Å²) >= 11 is 3.20. The molecule has 0 radical (unpaired) electrons. The fourth-order valence-electron chi connectivity index (χ4n) is 2.08. The van der Waals surface area contributed by atoms with Gasteiger partial charge in [0.15, 0.2) is 0 Å². The standard InChI is InChI=1S/C15H20N2O3S2/c1-10-12(17-15(20-10)13-4-3-7-22-13)8-14(19)16-11(5-6-18)9-21-2/h3-4,7,11,18H,5-6,8-9H2,1-2H3,(H,16,19). The average molecular weight is 340 g/mol. The minimum Gasteiger partial charge on any atom is -0.440 e. The van der Waals surface area contributed by atoms with Gasteiger partial charge in [-0.15, -0.1) is 11.3 Å². The van der Waals surface area contributed by atoms with Crippen LogP contribution in [0.3, 0.4) is 0 Å². The van der Waals surface area contributed by atoms with E-state index in [1.54, 1.807) is 23.1 Å². The number of amides is 1. The van der Waals surface area contributed by atoms with Crippen LogP contribution in [0.2, 0.25) is 0 Å². The molecule has 0 bridgehead atoms. The molecular weight excluding hydrogens is 320 g/mol. The predicted molar refractivity (Wildman–Crippen MR) is 90.3 cm³/mol. The Morgan fingerprint density at radius 3 is 3.05 bits per heavy atom. The van der Waals surface area contributed by atoms with Crippen LogP contribution < -0.4 is 5.32 Å². The number of nitrogens with one attached hydrogen (secondary N) is 1. The number of hydrogen-bond donors (Lipinski definition) is 2. The van der Waals surface area contributed by atoms with Crippen molar-refractivity contribution < 1.29 is 14.3 Å². The maximum atomic E-state index is 12.1. The third-order valence-electron chi connectivity index (χ3n) is 3.16. The second-order valence-corrected chi connectivity index (χ2v) is 6.77. The molecule has 0 spiro atoms. The Kier molecular flexibility index (Phi) is 6.48. The van der Waals surface area contributed by atoms with E-state index in [0.29, 0.717) is 23.8 Å². The molecule has 0 aromatic carbocycles. The van der Waals surface area contributed by atoms with Gasteiger partial charge < -0.3 is 14.8 Å². The largest absolute Gasteiger partial charge is 0.440 e. The first-order valence-electron chi connectivity index (χ1n) is 7.03. The van der Waals surface area contributed by atoms with Crippen molar-refractivity contribution in [2.75, 3.05) is 18.6 Å². The number of hydrogen-bond acceptors (Lipinski definition) is 6. The Morgan fingerprint density at radius 2 is 2.41 bits per heavy atom. The topological polar surface area (TPSA) is 75.4 Å². The zero-order valence-electron chi connectivity index (χ0n) is 12.7. The summed E-state index contributed by atoms with van der Waals surface area (Å²) < 4.78 is 5.64. The van der Waals surface area contributed by atoms with E-state index >= 15 is 0 Å². The molecule has 7 heteroatoms. The molecule has 22 heavy (non-hydrogen) atoms. The summed E-state index contributed by atoms with van der Waals surface area (Å²) in [5, 5.41) is 13.9. The Balaban J connectivity index is 1.99. The van der Waals surface area contributed by atoms with Gasteiger partial charge in [0.1, 0.15) is 5.76 Å². The Labute approximate surface area is 138 Å². The Morgan fingerprint density at radius 1 is 1.59 bits per heavy atom. The van der Waals surface area contributed by atoms with E-state index in [0.717, 1.165) is 10.6 Å². The minimum absolute atomic E-state index is 0.0172. The molecule has 0 aliphatic rings. The average Bonchev–Trinajstić information content (AvgIpc) is 3.10. The molecule has 1 unspecified atom stereocenters. The van der Waals surface area contributed by atoms with Crippen molar-refractivity contribution in [1.29, 1.82) is 0 Å². The highest BCUT2D eigenvalue weighted by atomic mass is 32.2. The highest BCUT2D eigenvalue weighted by Crippen LogP contribution is 2.26. The summed E-state index contributed by atoms with van der Waals surface area (Å²) in [4.78, 5) is 17.5. The van der Waals surface area contributed by atoms with Crippen molar-refractivity contribution in [1.82, 2.24) is 10.3 Å². The van der Waals surface area contributed by atoms with E-state index in [1.165, 1.54) is 0 Å². The van der Waals surface area contributed by atoms with Gasteiger partial charge in [0.05, 0.1) is 17.0 Å². The van der Waals surface area contributed by atoms with Gasteiger partial charge >= 0.3 is 0 Å². The molecule has 0 aliphatic carbocycles. The fraction of sp³-hybridized carbons (Fsp3) is 0.467. The van der Waals surface area contributed by atoms with Gasteiger partial charge in [-0.1, -0.05) is 6.07 Å². The van der Waals surface area contributed by atoms with Gasteiger partial charge in [0.25, 0.3) is 0 Å². The number of thioether (sulfide) groups is 1. The minimum atomic E-state index is -0.0957. The number of aryl methyl sites for hydroxylation is 1. The second kappa shape index (κ2) is 8.36. The molecule has 0 saturated heterocycles. The van der Waals surface area contributed by atoms with Crippen LogP contribution in [0.1, 0.15) is 17.9 Å². The second-order valence-electron chi connectivity index (χ2n) is 4.91. The van der Waals surface area contributed by atoms with Gasteiger partial charge in [-0.25, -0.2) is 4.98 Å². The lowest BCUT2D eigenvalue weighted by molar-refractivity contribution is -0.121. The number of thiophene rings is 1. The number of nitrogens with zero attached hydrogens (tertiary/aromatic N) is 1. The van der Waals surface area contributed by atoms with Crippen molar-refractivity contribution in [3.63, 3.8) is 0 Å². The molecule has 0 fully saturated rings. The molecule has 1 atom stereocenters. The Bertz CT molecular complexity index is 590. The van der Waals surface area contributed by atoms with Crippen LogP contribution in [0.15, 0.2) is 21.9 Å². The lowest BCUT2D eigenvalue weighted by Crippen LogP contribution is -2.38. The highest BCUT2D eigenvalue weighted by Gasteiger charge is 2.17. The smallest absolute Gasteiger partial charge is 0.236 e. The van der Waals surface area contributed by atoms with E-state index in [9.17, 15) is 4.79 Å². The quantitative estimate of drug-likeness (QED) is 0.772. The summed E-state index contributed by atoms with van der Waals surface area (Å²) in [7, 11) is 0. The Hall–Kier alpha value is -1.31. The molecule has 0 aliphatic heterocycles. The number of aromatic nitrogens is 1. The van der Waals surface area contributed by atoms with Crippen molar-refractivity contribution >= 4 is 29.0 Å². The first-order chi connectivity index (χ1) is 10.6. The summed E-state index contributed by atoms with van der Waals surface area (Å²) in [6.07, 6.45) is 2.73. The van der Waals surface area contributed by atoms with Gasteiger partial charge in [0.2, 0.25) is 11.8 Å². The molecule has 0 saturated carbocycles. The summed E-state index contributed by atoms with van der Waals surface area (Å²) in [5.74, 6) is 1.92. The molecule has 2 aromatic rings. The van der Waals surface area contributed by atoms with Crippen LogP contribution in [0.25, 0.3) is 10.8 Å². The molecule has 1 amide bonds. The summed E-state index contributed by atoms with van der Waals surface area (Å²) in [6.45, 7) is 1.89. The summed E-state index contributed by atoms with van der Waals surface area (Å²) in [6, 6.07) is 3.86. The van der Waals surface area contributed by atoms with E-state index in [2.05, 4.69) is 10.3 Å². The first-order valence-corrected chi connectivity index (χ1v) is 9.30. The van der Waals surface area contributed by atoms with Crippen LogP contribution in [0, 0.1) is 6.92 Å². The first kappa shape index (κ1) is 17.1. The number of rotatable bonds is 8. The van der Waals surface area contributed by atoms with E-state index in [-0.39, 0.29) is 25.0 Å². The van der Waals surface area contributed by atoms with Crippen LogP contribution in [-0.2, 0) is 11.2 Å². The molecule has 2 heterocycles. The molecule has 2 aromatic heterocycles. The van der Waals surface area contributed by atoms with E-state index < -0.39 is 0 Å². The van der Waals surface area contributed by atoms with Crippen molar-refractivity contribution in [3.05, 3.63) is 29.0 Å². The normalized spacial score (nSPS) is 12.3. The predicted octanol–water partition coefficient (Wildman–Crippen LogP) is 2.48. The number of oxazole rings is 1. The fourth-order valence-corrected chi connectivity index (χ4v) is 3.38. The number of aliphatic hydroxyl groups excluding tert-OH is 1. The highest BCUT2D eigenvalue weighted by molar-refractivity contribution is 7.98. The third kappa shape index (κ3) is 4.59. The van der Waals surface area contributed by atoms with Gasteiger partial charge in [-0.2, -0.15) is 11.8 Å². The van der Waals surface area contributed by atoms with Gasteiger partial charge in [-0.05, 0) is 31.0 Å². The summed E-state index contributed by atoms with van der Waals surface area (Å²) in [5.41, 5.74) is 0.660. The van der Waals surface area contributed by atoms with Crippen LogP contribution in [0.4, 0.5) is 0 Å². The van der Waals surface area contributed by atoms with Crippen LogP contribution in [0.5, 0.6) is 0 Å². The molecule has 2 N–H and O–H groups in total. The number of carbonyl (C=O) groups excluding carboxylic acids is 1. The molecule has 5 nitrogen and oxygen atoms in total. The zero-order valence-corrected chi connectivity index (χ0v) is 14.3. The van der Waals surface area contributed by atoms with Crippen LogP contribution >= 0.6 is 23.1 Å². The maximum Gasteiger partial charge on any atom is 0.236 e. The molecule has 2 rings (SSSR count).